The molecule has 0 radical (unpaired) electrons. The molecule has 2 rings (SSSR count). The van der Waals surface area contributed by atoms with Crippen molar-refractivity contribution < 1.29 is 13.5 Å². The van der Waals surface area contributed by atoms with Gasteiger partial charge in [-0.3, -0.25) is 0 Å². The van der Waals surface area contributed by atoms with Crippen molar-refractivity contribution in [3.63, 3.8) is 0 Å². The van der Waals surface area contributed by atoms with Gasteiger partial charge < -0.3 is 10.1 Å². The summed E-state index contributed by atoms with van der Waals surface area (Å²) in [5, 5.41) is 3.41. The zero-order valence-electron chi connectivity index (χ0n) is 11.4. The van der Waals surface area contributed by atoms with E-state index in [4.69, 9.17) is 0 Å². The first-order valence-corrected chi connectivity index (χ1v) is 6.85. The Bertz CT molecular complexity index is 407. The largest absolute Gasteiger partial charge is 0.434 e. The van der Waals surface area contributed by atoms with Crippen molar-refractivity contribution >= 4 is 0 Å². The minimum absolute atomic E-state index is 0.0103. The summed E-state index contributed by atoms with van der Waals surface area (Å²) in [7, 11) is 0. The molecule has 0 amide bonds. The van der Waals surface area contributed by atoms with Crippen LogP contribution in [0.2, 0.25) is 0 Å². The lowest BCUT2D eigenvalue weighted by Gasteiger charge is -2.20. The van der Waals surface area contributed by atoms with Crippen LogP contribution in [0.25, 0.3) is 0 Å². The zero-order chi connectivity index (χ0) is 13.8. The van der Waals surface area contributed by atoms with Crippen LogP contribution in [0.15, 0.2) is 24.3 Å². The second-order valence-corrected chi connectivity index (χ2v) is 5.36. The second kappa shape index (κ2) is 6.33. The highest BCUT2D eigenvalue weighted by molar-refractivity contribution is 5.35. The van der Waals surface area contributed by atoms with E-state index in [1.807, 2.05) is 19.1 Å². The summed E-state index contributed by atoms with van der Waals surface area (Å²) in [4.78, 5) is 0. The molecule has 2 unspecified atom stereocenters. The number of nitrogens with one attached hydrogen (secondary N) is 1. The van der Waals surface area contributed by atoms with Crippen molar-refractivity contribution in [2.24, 2.45) is 11.8 Å². The van der Waals surface area contributed by atoms with Gasteiger partial charge in [-0.05, 0) is 44.2 Å². The van der Waals surface area contributed by atoms with Crippen LogP contribution in [0.1, 0.15) is 38.3 Å². The van der Waals surface area contributed by atoms with Gasteiger partial charge in [-0.15, -0.1) is 0 Å². The number of hydrogen-bond acceptors (Lipinski definition) is 2. The average molecular weight is 269 g/mol. The molecule has 0 spiro atoms. The number of ether oxygens (including phenoxy) is 1. The molecule has 1 fully saturated rings. The van der Waals surface area contributed by atoms with Gasteiger partial charge >= 0.3 is 6.61 Å². The summed E-state index contributed by atoms with van der Waals surface area (Å²) < 4.78 is 29.3. The van der Waals surface area contributed by atoms with Gasteiger partial charge in [0, 0.05) is 11.6 Å². The van der Waals surface area contributed by atoms with Crippen molar-refractivity contribution in [2.75, 3.05) is 6.54 Å². The van der Waals surface area contributed by atoms with Crippen molar-refractivity contribution in [2.45, 2.75) is 39.3 Å². The molecule has 0 saturated heterocycles. The Labute approximate surface area is 113 Å². The molecule has 1 aliphatic carbocycles. The molecule has 0 bridgehead atoms. The fraction of sp³-hybridized carbons (Fsp3) is 0.600. The number of halogens is 2. The predicted octanol–water partition coefficient (Wildman–Crippen LogP) is 3.98. The molecule has 1 N–H and O–H groups in total. The van der Waals surface area contributed by atoms with Crippen molar-refractivity contribution in [3.05, 3.63) is 29.8 Å². The first-order valence-electron chi connectivity index (χ1n) is 6.85. The third-order valence-corrected chi connectivity index (χ3v) is 3.77. The normalized spacial score (nSPS) is 18.4. The Morgan fingerprint density at radius 1 is 1.26 bits per heavy atom. The lowest BCUT2D eigenvalue weighted by molar-refractivity contribution is -0.0506. The molecule has 1 saturated carbocycles. The van der Waals surface area contributed by atoms with E-state index in [-0.39, 0.29) is 11.8 Å². The molecule has 0 aliphatic heterocycles. The Hall–Kier alpha value is -1.16. The van der Waals surface area contributed by atoms with E-state index in [0.717, 1.165) is 18.0 Å². The van der Waals surface area contributed by atoms with E-state index in [1.54, 1.807) is 12.1 Å². The maximum Gasteiger partial charge on any atom is 0.387 e. The SMILES string of the molecule is CC(NCC(C)C1CC1)c1ccccc1OC(F)F. The van der Waals surface area contributed by atoms with Crippen LogP contribution in [0.3, 0.4) is 0 Å². The van der Waals surface area contributed by atoms with E-state index < -0.39 is 6.61 Å². The number of benzene rings is 1. The standard InChI is InChI=1S/C15H21F2NO/c1-10(12-7-8-12)9-18-11(2)13-5-3-4-6-14(13)19-15(16)17/h3-6,10-12,15,18H,7-9H2,1-2H3. The molecule has 2 nitrogen and oxygen atoms in total. The summed E-state index contributed by atoms with van der Waals surface area (Å²) in [5.74, 6) is 1.74. The number of rotatable bonds is 7. The third-order valence-electron chi connectivity index (χ3n) is 3.77. The van der Waals surface area contributed by atoms with E-state index >= 15 is 0 Å². The van der Waals surface area contributed by atoms with E-state index in [0.29, 0.717) is 5.92 Å². The van der Waals surface area contributed by atoms with Crippen LogP contribution >= 0.6 is 0 Å². The molecular weight excluding hydrogens is 248 g/mol. The fourth-order valence-corrected chi connectivity index (χ4v) is 2.35. The number of alkyl halides is 2. The molecule has 4 heteroatoms. The topological polar surface area (TPSA) is 21.3 Å². The van der Waals surface area contributed by atoms with Gasteiger partial charge in [0.2, 0.25) is 0 Å². The molecule has 1 aromatic carbocycles. The maximum atomic E-state index is 12.3. The van der Waals surface area contributed by atoms with Gasteiger partial charge in [0.05, 0.1) is 0 Å². The Morgan fingerprint density at radius 3 is 2.58 bits per heavy atom. The Kier molecular flexibility index (Phi) is 4.75. The van der Waals surface area contributed by atoms with Gasteiger partial charge in [0.1, 0.15) is 5.75 Å². The van der Waals surface area contributed by atoms with Crippen LogP contribution in [-0.4, -0.2) is 13.2 Å². The molecule has 106 valence electrons. The van der Waals surface area contributed by atoms with Crippen molar-refractivity contribution in [1.29, 1.82) is 0 Å². The second-order valence-electron chi connectivity index (χ2n) is 5.36. The van der Waals surface area contributed by atoms with E-state index in [9.17, 15) is 8.78 Å². The van der Waals surface area contributed by atoms with Crippen LogP contribution in [0.4, 0.5) is 8.78 Å². The first kappa shape index (κ1) is 14.3. The summed E-state index contributed by atoms with van der Waals surface area (Å²) in [6, 6.07) is 6.98. The minimum atomic E-state index is -2.78. The van der Waals surface area contributed by atoms with Gasteiger partial charge in [0.15, 0.2) is 0 Å². The molecule has 19 heavy (non-hydrogen) atoms. The summed E-state index contributed by atoms with van der Waals surface area (Å²) in [6.07, 6.45) is 2.64. The van der Waals surface area contributed by atoms with E-state index in [2.05, 4.69) is 17.0 Å². The van der Waals surface area contributed by atoms with Gasteiger partial charge in [-0.1, -0.05) is 25.1 Å². The number of para-hydroxylation sites is 1. The highest BCUT2D eigenvalue weighted by Crippen LogP contribution is 2.36. The molecule has 2 atom stereocenters. The van der Waals surface area contributed by atoms with E-state index in [1.165, 1.54) is 12.8 Å². The molecule has 0 heterocycles. The zero-order valence-corrected chi connectivity index (χ0v) is 11.4. The number of hydrogen-bond donors (Lipinski definition) is 1. The monoisotopic (exact) mass is 269 g/mol. The molecule has 1 aromatic rings. The van der Waals surface area contributed by atoms with Crippen LogP contribution in [-0.2, 0) is 0 Å². The van der Waals surface area contributed by atoms with Gasteiger partial charge in [-0.2, -0.15) is 8.78 Å². The lowest BCUT2D eigenvalue weighted by atomic mass is 10.0. The smallest absolute Gasteiger partial charge is 0.387 e. The minimum Gasteiger partial charge on any atom is -0.434 e. The average Bonchev–Trinajstić information content (AvgIpc) is 3.19. The summed E-state index contributed by atoms with van der Waals surface area (Å²) in [6.45, 7) is 2.35. The van der Waals surface area contributed by atoms with Crippen molar-refractivity contribution in [3.8, 4) is 5.75 Å². The quantitative estimate of drug-likeness (QED) is 0.808. The summed E-state index contributed by atoms with van der Waals surface area (Å²) >= 11 is 0. The predicted molar refractivity (Wildman–Crippen MR) is 71.4 cm³/mol. The van der Waals surface area contributed by atoms with Crippen LogP contribution < -0.4 is 10.1 Å². The highest BCUT2D eigenvalue weighted by Gasteiger charge is 2.28. The first-order chi connectivity index (χ1) is 9.08. The Morgan fingerprint density at radius 2 is 1.95 bits per heavy atom. The van der Waals surface area contributed by atoms with Crippen molar-refractivity contribution in [1.82, 2.24) is 5.32 Å². The van der Waals surface area contributed by atoms with Crippen LogP contribution in [0.5, 0.6) is 5.75 Å². The van der Waals surface area contributed by atoms with Gasteiger partial charge in [0.25, 0.3) is 0 Å². The lowest BCUT2D eigenvalue weighted by Crippen LogP contribution is -2.26. The summed E-state index contributed by atoms with van der Waals surface area (Å²) in [5.41, 5.74) is 0.783. The third kappa shape index (κ3) is 4.16. The molecule has 0 aromatic heterocycles. The van der Waals surface area contributed by atoms with Gasteiger partial charge in [-0.25, -0.2) is 0 Å². The Balaban J connectivity index is 1.95. The fourth-order valence-electron chi connectivity index (χ4n) is 2.35. The van der Waals surface area contributed by atoms with Crippen LogP contribution in [0, 0.1) is 11.8 Å². The highest BCUT2D eigenvalue weighted by atomic mass is 19.3. The molecule has 1 aliphatic rings. The maximum absolute atomic E-state index is 12.3. The molecular formula is C15H21F2NO.